The highest BCUT2D eigenvalue weighted by Crippen LogP contribution is 2.56. The maximum atomic E-state index is 11.7. The standard InChI is InChI=1S/C22H30N2O2.ClH/c1-26-22(17-5-2-4-14(9-17)21(23)25)18-6-3-7-19(22)13-24(12-18)20-10-15-8-16(15)11-20;/h2,4-5,9,15-16,18-20H,3,6-8,10-13H2,1H3,(H2,23,25);1H/t15?,16?,18-,19+,20?,22+;. The second-order valence-electron chi connectivity index (χ2n) is 9.10. The summed E-state index contributed by atoms with van der Waals surface area (Å²) < 4.78 is 6.33. The monoisotopic (exact) mass is 390 g/mol. The maximum absolute atomic E-state index is 11.7. The molecule has 3 aliphatic carbocycles. The van der Waals surface area contributed by atoms with E-state index in [-0.39, 0.29) is 23.9 Å². The lowest BCUT2D eigenvalue weighted by atomic mass is 9.62. The molecule has 1 aliphatic heterocycles. The predicted molar refractivity (Wildman–Crippen MR) is 108 cm³/mol. The molecular formula is C22H31ClN2O2. The van der Waals surface area contributed by atoms with Crippen LogP contribution in [0.5, 0.6) is 0 Å². The van der Waals surface area contributed by atoms with Crippen molar-refractivity contribution in [2.24, 2.45) is 29.4 Å². The normalized spacial score (nSPS) is 40.1. The highest BCUT2D eigenvalue weighted by atomic mass is 35.5. The minimum atomic E-state index is -0.356. The second-order valence-corrected chi connectivity index (χ2v) is 9.10. The average Bonchev–Trinajstić information content (AvgIpc) is 3.25. The number of benzene rings is 1. The van der Waals surface area contributed by atoms with E-state index in [1.165, 1.54) is 38.5 Å². The maximum Gasteiger partial charge on any atom is 0.248 e. The van der Waals surface area contributed by atoms with E-state index in [0.717, 1.165) is 36.5 Å². The van der Waals surface area contributed by atoms with E-state index in [1.807, 2.05) is 25.3 Å². The van der Waals surface area contributed by atoms with Crippen LogP contribution >= 0.6 is 12.4 Å². The van der Waals surface area contributed by atoms with Crippen LogP contribution in [0, 0.1) is 23.7 Å². The molecule has 1 amide bonds. The lowest BCUT2D eigenvalue weighted by molar-refractivity contribution is -0.174. The SMILES string of the molecule is CO[C@@]1(c2cccc(C(N)=O)c2)[C@@H]2CCC[C@H]1CN(C1CC3CC3C1)C2.Cl. The lowest BCUT2D eigenvalue weighted by Gasteiger charge is -2.56. The van der Waals surface area contributed by atoms with Crippen LogP contribution in [0.4, 0.5) is 0 Å². The summed E-state index contributed by atoms with van der Waals surface area (Å²) in [6.45, 7) is 2.27. The topological polar surface area (TPSA) is 55.6 Å². The average molecular weight is 391 g/mol. The molecule has 5 atom stereocenters. The number of rotatable bonds is 4. The number of nitrogens with zero attached hydrogens (tertiary/aromatic N) is 1. The molecule has 2 bridgehead atoms. The van der Waals surface area contributed by atoms with Crippen molar-refractivity contribution in [2.75, 3.05) is 20.2 Å². The van der Waals surface area contributed by atoms with E-state index in [2.05, 4.69) is 11.0 Å². The van der Waals surface area contributed by atoms with Gasteiger partial charge in [-0.15, -0.1) is 12.4 Å². The number of methoxy groups -OCH3 is 1. The number of fused-ring (bicyclic) bond motifs is 3. The molecule has 27 heavy (non-hydrogen) atoms. The van der Waals surface area contributed by atoms with Crippen molar-refractivity contribution in [3.05, 3.63) is 35.4 Å². The molecule has 1 aromatic carbocycles. The van der Waals surface area contributed by atoms with Crippen LogP contribution in [0.1, 0.15) is 54.4 Å². The van der Waals surface area contributed by atoms with Crippen LogP contribution in [-0.4, -0.2) is 37.0 Å². The number of ether oxygens (including phenoxy) is 1. The van der Waals surface area contributed by atoms with Gasteiger partial charge in [-0.25, -0.2) is 0 Å². The van der Waals surface area contributed by atoms with Crippen LogP contribution in [-0.2, 0) is 10.3 Å². The first-order valence-electron chi connectivity index (χ1n) is 10.3. The van der Waals surface area contributed by atoms with Gasteiger partial charge in [0.1, 0.15) is 5.60 Å². The van der Waals surface area contributed by atoms with Gasteiger partial charge in [0.2, 0.25) is 5.91 Å². The number of halogens is 1. The Morgan fingerprint density at radius 1 is 1.15 bits per heavy atom. The minimum absolute atomic E-state index is 0. The highest BCUT2D eigenvalue weighted by Gasteiger charge is 2.56. The molecule has 5 rings (SSSR count). The molecule has 3 saturated carbocycles. The largest absolute Gasteiger partial charge is 0.373 e. The number of hydrogen-bond donors (Lipinski definition) is 1. The molecule has 1 aromatic rings. The zero-order chi connectivity index (χ0) is 17.9. The highest BCUT2D eigenvalue weighted by molar-refractivity contribution is 5.92. The van der Waals surface area contributed by atoms with Gasteiger partial charge in [-0.05, 0) is 61.6 Å². The summed E-state index contributed by atoms with van der Waals surface area (Å²) in [4.78, 5) is 14.5. The molecule has 1 saturated heterocycles. The third kappa shape index (κ3) is 3.01. The first-order chi connectivity index (χ1) is 12.6. The van der Waals surface area contributed by atoms with Crippen molar-refractivity contribution in [3.63, 3.8) is 0 Å². The van der Waals surface area contributed by atoms with E-state index < -0.39 is 0 Å². The van der Waals surface area contributed by atoms with Crippen molar-refractivity contribution < 1.29 is 9.53 Å². The Bertz CT molecular complexity index is 700. The summed E-state index contributed by atoms with van der Waals surface area (Å²) in [7, 11) is 1.86. The van der Waals surface area contributed by atoms with Crippen LogP contribution in [0.2, 0.25) is 0 Å². The molecule has 2 N–H and O–H groups in total. The molecule has 1 heterocycles. The number of amides is 1. The quantitative estimate of drug-likeness (QED) is 0.854. The van der Waals surface area contributed by atoms with Gasteiger partial charge in [0.15, 0.2) is 0 Å². The van der Waals surface area contributed by atoms with Gasteiger partial charge in [-0.2, -0.15) is 0 Å². The van der Waals surface area contributed by atoms with E-state index in [9.17, 15) is 4.79 Å². The van der Waals surface area contributed by atoms with E-state index in [1.54, 1.807) is 0 Å². The molecule has 0 aromatic heterocycles. The fourth-order valence-electron chi connectivity index (χ4n) is 6.58. The number of primary amides is 1. The van der Waals surface area contributed by atoms with Gasteiger partial charge in [0.25, 0.3) is 0 Å². The van der Waals surface area contributed by atoms with Crippen molar-refractivity contribution in [1.82, 2.24) is 4.90 Å². The van der Waals surface area contributed by atoms with Crippen molar-refractivity contribution >= 4 is 18.3 Å². The third-order valence-corrected chi connectivity index (χ3v) is 7.90. The fourth-order valence-corrected chi connectivity index (χ4v) is 6.58. The predicted octanol–water partition coefficient (Wildman–Crippen LogP) is 3.58. The molecule has 4 aliphatic rings. The number of carbonyl (C=O) groups is 1. The third-order valence-electron chi connectivity index (χ3n) is 7.90. The van der Waals surface area contributed by atoms with Crippen LogP contribution in [0.3, 0.4) is 0 Å². The number of piperidine rings is 1. The Labute approximate surface area is 168 Å². The lowest BCUT2D eigenvalue weighted by Crippen LogP contribution is -2.60. The number of likely N-dealkylation sites (tertiary alicyclic amines) is 1. The zero-order valence-corrected chi connectivity index (χ0v) is 16.9. The van der Waals surface area contributed by atoms with E-state index in [0.29, 0.717) is 17.4 Å². The van der Waals surface area contributed by atoms with Gasteiger partial charge in [-0.1, -0.05) is 18.6 Å². The molecule has 148 valence electrons. The Balaban J connectivity index is 0.00000180. The van der Waals surface area contributed by atoms with Crippen molar-refractivity contribution in [3.8, 4) is 0 Å². The van der Waals surface area contributed by atoms with Crippen molar-refractivity contribution in [2.45, 2.75) is 50.2 Å². The Morgan fingerprint density at radius 2 is 1.81 bits per heavy atom. The molecule has 0 spiro atoms. The Hall–Kier alpha value is -1.10. The number of hydrogen-bond acceptors (Lipinski definition) is 3. The number of carbonyl (C=O) groups excluding carboxylic acids is 1. The Morgan fingerprint density at radius 3 is 2.41 bits per heavy atom. The van der Waals surface area contributed by atoms with E-state index >= 15 is 0 Å². The minimum Gasteiger partial charge on any atom is -0.373 e. The van der Waals surface area contributed by atoms with Gasteiger partial charge >= 0.3 is 0 Å². The zero-order valence-electron chi connectivity index (χ0n) is 16.1. The molecular weight excluding hydrogens is 360 g/mol. The summed E-state index contributed by atoms with van der Waals surface area (Å²) in [5.74, 6) is 2.70. The summed E-state index contributed by atoms with van der Waals surface area (Å²) in [5, 5.41) is 0. The first-order valence-corrected chi connectivity index (χ1v) is 10.3. The molecule has 5 heteroatoms. The number of nitrogens with two attached hydrogens (primary N) is 1. The summed E-state index contributed by atoms with van der Waals surface area (Å²) in [6, 6.07) is 8.70. The second kappa shape index (κ2) is 7.06. The summed E-state index contributed by atoms with van der Waals surface area (Å²) >= 11 is 0. The van der Waals surface area contributed by atoms with Crippen LogP contribution in [0.15, 0.2) is 24.3 Å². The van der Waals surface area contributed by atoms with Gasteiger partial charge in [-0.3, -0.25) is 9.69 Å². The van der Waals surface area contributed by atoms with Gasteiger partial charge in [0.05, 0.1) is 0 Å². The van der Waals surface area contributed by atoms with Gasteiger partial charge in [0, 0.05) is 43.6 Å². The summed E-state index contributed by atoms with van der Waals surface area (Å²) in [5.41, 5.74) is 7.03. The van der Waals surface area contributed by atoms with Crippen LogP contribution in [0.25, 0.3) is 0 Å². The Kier molecular flexibility index (Phi) is 5.02. The fraction of sp³-hybridized carbons (Fsp3) is 0.682. The smallest absolute Gasteiger partial charge is 0.248 e. The van der Waals surface area contributed by atoms with E-state index in [4.69, 9.17) is 10.5 Å². The first kappa shape index (κ1) is 19.2. The van der Waals surface area contributed by atoms with Crippen LogP contribution < -0.4 is 5.73 Å². The molecule has 2 unspecified atom stereocenters. The van der Waals surface area contributed by atoms with Gasteiger partial charge < -0.3 is 10.5 Å². The molecule has 4 nitrogen and oxygen atoms in total. The van der Waals surface area contributed by atoms with Crippen molar-refractivity contribution in [1.29, 1.82) is 0 Å². The molecule has 0 radical (unpaired) electrons. The summed E-state index contributed by atoms with van der Waals surface area (Å²) in [6.07, 6.45) is 8.03. The molecule has 4 fully saturated rings.